The first-order chi connectivity index (χ1) is 12.9. The van der Waals surface area contributed by atoms with Crippen LogP contribution < -0.4 is 4.74 Å². The van der Waals surface area contributed by atoms with E-state index in [0.29, 0.717) is 5.75 Å². The van der Waals surface area contributed by atoms with E-state index in [-0.39, 0.29) is 6.61 Å². The minimum atomic E-state index is 0.0416. The quantitative estimate of drug-likeness (QED) is 0.408. The third kappa shape index (κ3) is 2.99. The molecule has 0 amide bonds. The van der Waals surface area contributed by atoms with E-state index >= 15 is 0 Å². The van der Waals surface area contributed by atoms with Crippen LogP contribution in [-0.2, 0) is 0 Å². The Bertz CT molecular complexity index is 996. The number of benzene rings is 3. The largest absolute Gasteiger partial charge is 0.479 e. The van der Waals surface area contributed by atoms with Gasteiger partial charge in [0.05, 0.1) is 6.21 Å². The second kappa shape index (κ2) is 7.04. The maximum Gasteiger partial charge on any atom is 0.174 e. The van der Waals surface area contributed by atoms with Crippen molar-refractivity contribution in [1.29, 1.82) is 5.26 Å². The standard InChI is InChI=1S/C22H15N3O/c23-13-14-26-17-11-9-16(10-12-17)15-24-25-22-20-7-3-1-5-18(20)19-6-2-4-8-21(19)22/h1-12,15H,14H2/b24-15-. The summed E-state index contributed by atoms with van der Waals surface area (Å²) >= 11 is 0. The van der Waals surface area contributed by atoms with Gasteiger partial charge in [0, 0.05) is 11.1 Å². The number of nitriles is 1. The number of rotatable bonds is 4. The lowest BCUT2D eigenvalue weighted by atomic mass is 10.1. The maximum absolute atomic E-state index is 8.53. The fourth-order valence-electron chi connectivity index (χ4n) is 3.02. The minimum Gasteiger partial charge on any atom is -0.479 e. The molecule has 3 aromatic rings. The molecule has 0 fully saturated rings. The van der Waals surface area contributed by atoms with Crippen molar-refractivity contribution in [2.24, 2.45) is 10.2 Å². The molecule has 0 heterocycles. The van der Waals surface area contributed by atoms with Crippen LogP contribution in [0.2, 0.25) is 0 Å². The zero-order chi connectivity index (χ0) is 17.8. The van der Waals surface area contributed by atoms with Gasteiger partial charge >= 0.3 is 0 Å². The molecule has 26 heavy (non-hydrogen) atoms. The second-order valence-corrected chi connectivity index (χ2v) is 5.80. The number of fused-ring (bicyclic) bond motifs is 3. The number of hydrogen-bond acceptors (Lipinski definition) is 4. The summed E-state index contributed by atoms with van der Waals surface area (Å²) in [7, 11) is 0. The molecule has 0 bridgehead atoms. The van der Waals surface area contributed by atoms with Gasteiger partial charge in [-0.1, -0.05) is 48.5 Å². The minimum absolute atomic E-state index is 0.0416. The maximum atomic E-state index is 8.53. The SMILES string of the molecule is N#CCOc1ccc(/C=N\N=C2c3ccccc3-c3ccccc32)cc1. The number of hydrogen-bond donors (Lipinski definition) is 0. The summed E-state index contributed by atoms with van der Waals surface area (Å²) in [6, 6.07) is 25.8. The summed E-state index contributed by atoms with van der Waals surface area (Å²) in [4.78, 5) is 0. The first-order valence-electron chi connectivity index (χ1n) is 8.27. The third-order valence-corrected chi connectivity index (χ3v) is 4.20. The lowest BCUT2D eigenvalue weighted by Crippen LogP contribution is -1.97. The van der Waals surface area contributed by atoms with Crippen molar-refractivity contribution in [1.82, 2.24) is 0 Å². The van der Waals surface area contributed by atoms with Crippen molar-refractivity contribution < 1.29 is 4.74 Å². The molecule has 1 aliphatic carbocycles. The first-order valence-corrected chi connectivity index (χ1v) is 8.27. The summed E-state index contributed by atoms with van der Waals surface area (Å²) in [6.07, 6.45) is 1.71. The molecule has 0 atom stereocenters. The Morgan fingerprint density at radius 1 is 0.808 bits per heavy atom. The molecule has 0 aliphatic heterocycles. The van der Waals surface area contributed by atoms with Crippen LogP contribution in [0.25, 0.3) is 11.1 Å². The zero-order valence-corrected chi connectivity index (χ0v) is 14.0. The van der Waals surface area contributed by atoms with Crippen molar-refractivity contribution >= 4 is 11.9 Å². The molecule has 4 heteroatoms. The number of ether oxygens (including phenoxy) is 1. The van der Waals surface area contributed by atoms with Gasteiger partial charge in [-0.05, 0) is 41.0 Å². The van der Waals surface area contributed by atoms with E-state index in [1.54, 1.807) is 6.21 Å². The van der Waals surface area contributed by atoms with Gasteiger partial charge in [-0.3, -0.25) is 0 Å². The molecule has 0 radical (unpaired) electrons. The van der Waals surface area contributed by atoms with Gasteiger partial charge in [0.15, 0.2) is 6.61 Å². The molecule has 0 spiro atoms. The van der Waals surface area contributed by atoms with Gasteiger partial charge in [-0.2, -0.15) is 10.4 Å². The normalized spacial score (nSPS) is 11.7. The Morgan fingerprint density at radius 2 is 1.38 bits per heavy atom. The van der Waals surface area contributed by atoms with Crippen LogP contribution in [0.1, 0.15) is 16.7 Å². The predicted molar refractivity (Wildman–Crippen MR) is 103 cm³/mol. The van der Waals surface area contributed by atoms with Crippen molar-refractivity contribution in [2.45, 2.75) is 0 Å². The lowest BCUT2D eigenvalue weighted by molar-refractivity contribution is 0.368. The van der Waals surface area contributed by atoms with Crippen LogP contribution >= 0.6 is 0 Å². The van der Waals surface area contributed by atoms with Crippen LogP contribution in [0.4, 0.5) is 0 Å². The Hall–Kier alpha value is -3.71. The highest BCUT2D eigenvalue weighted by molar-refractivity contribution is 6.24. The Balaban J connectivity index is 1.61. The highest BCUT2D eigenvalue weighted by Crippen LogP contribution is 2.36. The molecule has 4 nitrogen and oxygen atoms in total. The van der Waals surface area contributed by atoms with Crippen molar-refractivity contribution in [3.8, 4) is 22.9 Å². The summed E-state index contributed by atoms with van der Waals surface area (Å²) < 4.78 is 5.24. The van der Waals surface area contributed by atoms with Crippen LogP contribution in [0.5, 0.6) is 5.75 Å². The molecule has 124 valence electrons. The van der Waals surface area contributed by atoms with E-state index in [4.69, 9.17) is 10.00 Å². The summed E-state index contributed by atoms with van der Waals surface area (Å²) in [6.45, 7) is 0.0416. The van der Waals surface area contributed by atoms with Crippen molar-refractivity contribution in [3.05, 3.63) is 89.5 Å². The van der Waals surface area contributed by atoms with Gasteiger partial charge in [0.2, 0.25) is 0 Å². The predicted octanol–water partition coefficient (Wildman–Crippen LogP) is 4.44. The molecule has 4 rings (SSSR count). The Morgan fingerprint density at radius 3 is 1.96 bits per heavy atom. The summed E-state index contributed by atoms with van der Waals surface area (Å²) in [5.74, 6) is 0.661. The van der Waals surface area contributed by atoms with Crippen LogP contribution in [0.3, 0.4) is 0 Å². The highest BCUT2D eigenvalue weighted by Gasteiger charge is 2.23. The fourth-order valence-corrected chi connectivity index (χ4v) is 3.02. The van der Waals surface area contributed by atoms with E-state index in [2.05, 4.69) is 34.5 Å². The van der Waals surface area contributed by atoms with E-state index < -0.39 is 0 Å². The van der Waals surface area contributed by atoms with Gasteiger partial charge in [-0.15, -0.1) is 5.10 Å². The molecular weight excluding hydrogens is 322 g/mol. The molecule has 0 saturated heterocycles. The average Bonchev–Trinajstić information content (AvgIpc) is 3.02. The van der Waals surface area contributed by atoms with E-state index in [1.165, 1.54) is 11.1 Å². The van der Waals surface area contributed by atoms with Gasteiger partial charge in [0.1, 0.15) is 17.5 Å². The monoisotopic (exact) mass is 337 g/mol. The van der Waals surface area contributed by atoms with E-state index in [1.807, 2.05) is 54.6 Å². The van der Waals surface area contributed by atoms with Gasteiger partial charge < -0.3 is 4.74 Å². The van der Waals surface area contributed by atoms with Crippen LogP contribution in [-0.4, -0.2) is 18.5 Å². The third-order valence-electron chi connectivity index (χ3n) is 4.20. The average molecular weight is 337 g/mol. The topological polar surface area (TPSA) is 57.7 Å². The number of nitrogens with zero attached hydrogens (tertiary/aromatic N) is 3. The van der Waals surface area contributed by atoms with Crippen molar-refractivity contribution in [2.75, 3.05) is 6.61 Å². The zero-order valence-electron chi connectivity index (χ0n) is 14.0. The van der Waals surface area contributed by atoms with Gasteiger partial charge in [0.25, 0.3) is 0 Å². The van der Waals surface area contributed by atoms with E-state index in [9.17, 15) is 0 Å². The fraction of sp³-hybridized carbons (Fsp3) is 0.0455. The smallest absolute Gasteiger partial charge is 0.174 e. The summed E-state index contributed by atoms with van der Waals surface area (Å²) in [5.41, 5.74) is 6.39. The molecular formula is C22H15N3O. The van der Waals surface area contributed by atoms with E-state index in [0.717, 1.165) is 22.4 Å². The molecule has 0 N–H and O–H groups in total. The molecule has 0 unspecified atom stereocenters. The summed E-state index contributed by atoms with van der Waals surface area (Å²) in [5, 5.41) is 17.3. The lowest BCUT2D eigenvalue weighted by Gasteiger charge is -2.01. The second-order valence-electron chi connectivity index (χ2n) is 5.80. The Labute approximate surface area is 151 Å². The molecule has 3 aromatic carbocycles. The molecule has 0 aromatic heterocycles. The van der Waals surface area contributed by atoms with Gasteiger partial charge in [-0.25, -0.2) is 0 Å². The highest BCUT2D eigenvalue weighted by atomic mass is 16.5. The van der Waals surface area contributed by atoms with Crippen LogP contribution in [0.15, 0.2) is 83.0 Å². The Kier molecular flexibility index (Phi) is 4.28. The first kappa shape index (κ1) is 15.8. The van der Waals surface area contributed by atoms with Crippen molar-refractivity contribution in [3.63, 3.8) is 0 Å². The molecule has 1 aliphatic rings. The molecule has 0 saturated carbocycles. The van der Waals surface area contributed by atoms with Crippen LogP contribution in [0, 0.1) is 11.3 Å².